The van der Waals surface area contributed by atoms with Crippen LogP contribution in [0.1, 0.15) is 43.6 Å². The van der Waals surface area contributed by atoms with Gasteiger partial charge in [0.25, 0.3) is 0 Å². The molecule has 0 saturated carbocycles. The molecular formula is C20H26FN3O3. The van der Waals surface area contributed by atoms with Gasteiger partial charge in [-0.3, -0.25) is 4.90 Å². The Morgan fingerprint density at radius 1 is 1.33 bits per heavy atom. The lowest BCUT2D eigenvalue weighted by atomic mass is 9.96. The van der Waals surface area contributed by atoms with Crippen LogP contribution in [0, 0.1) is 24.1 Å². The summed E-state index contributed by atoms with van der Waals surface area (Å²) in [5, 5.41) is 9.18. The molecule has 0 N–H and O–H groups in total. The molecule has 2 fully saturated rings. The summed E-state index contributed by atoms with van der Waals surface area (Å²) in [5.74, 6) is -0.501. The fraction of sp³-hybridized carbons (Fsp3) is 0.600. The van der Waals surface area contributed by atoms with Crippen molar-refractivity contribution in [1.29, 1.82) is 5.26 Å². The lowest BCUT2D eigenvalue weighted by Gasteiger charge is -2.46. The first-order valence-electron chi connectivity index (χ1n) is 9.22. The maximum absolute atomic E-state index is 13.8. The van der Waals surface area contributed by atoms with E-state index in [1.54, 1.807) is 17.9 Å². The molecule has 2 atom stereocenters. The van der Waals surface area contributed by atoms with Crippen molar-refractivity contribution in [3.8, 4) is 6.07 Å². The van der Waals surface area contributed by atoms with Crippen LogP contribution in [-0.2, 0) is 9.47 Å². The first-order chi connectivity index (χ1) is 12.7. The van der Waals surface area contributed by atoms with E-state index in [0.717, 1.165) is 12.1 Å². The minimum absolute atomic E-state index is 0.0768. The Labute approximate surface area is 159 Å². The van der Waals surface area contributed by atoms with E-state index < -0.39 is 11.4 Å². The molecule has 1 aromatic rings. The molecule has 0 bridgehead atoms. The summed E-state index contributed by atoms with van der Waals surface area (Å²) in [6.07, 6.45) is -0.501. The van der Waals surface area contributed by atoms with Gasteiger partial charge >= 0.3 is 6.09 Å². The third kappa shape index (κ3) is 4.23. The largest absolute Gasteiger partial charge is 0.444 e. The molecule has 2 heterocycles. The Balaban J connectivity index is 1.67. The van der Waals surface area contributed by atoms with Gasteiger partial charge in [0.1, 0.15) is 17.5 Å². The quantitative estimate of drug-likeness (QED) is 0.755. The van der Waals surface area contributed by atoms with Crippen molar-refractivity contribution in [3.05, 3.63) is 34.6 Å². The van der Waals surface area contributed by atoms with Crippen LogP contribution in [0.25, 0.3) is 0 Å². The van der Waals surface area contributed by atoms with Crippen molar-refractivity contribution in [1.82, 2.24) is 9.80 Å². The lowest BCUT2D eigenvalue weighted by Crippen LogP contribution is -2.60. The first-order valence-corrected chi connectivity index (χ1v) is 9.22. The van der Waals surface area contributed by atoms with E-state index in [0.29, 0.717) is 31.8 Å². The zero-order chi connectivity index (χ0) is 19.8. The number of rotatable bonds is 1. The van der Waals surface area contributed by atoms with E-state index in [2.05, 4.69) is 4.90 Å². The van der Waals surface area contributed by atoms with Crippen LogP contribution in [0.15, 0.2) is 12.1 Å². The number of fused-ring (bicyclic) bond motifs is 1. The molecule has 146 valence electrons. The summed E-state index contributed by atoms with van der Waals surface area (Å²) in [4.78, 5) is 16.3. The minimum Gasteiger partial charge on any atom is -0.444 e. The van der Waals surface area contributed by atoms with Crippen molar-refractivity contribution in [2.24, 2.45) is 0 Å². The third-order valence-electron chi connectivity index (χ3n) is 5.06. The molecule has 27 heavy (non-hydrogen) atoms. The summed E-state index contributed by atoms with van der Waals surface area (Å²) in [5.41, 5.74) is 1.04. The van der Waals surface area contributed by atoms with Crippen molar-refractivity contribution >= 4 is 6.09 Å². The molecule has 2 aliphatic heterocycles. The Hall–Kier alpha value is -2.17. The lowest BCUT2D eigenvalue weighted by molar-refractivity contribution is -0.0908. The van der Waals surface area contributed by atoms with E-state index in [9.17, 15) is 14.4 Å². The van der Waals surface area contributed by atoms with Crippen LogP contribution in [0.4, 0.5) is 9.18 Å². The number of nitriles is 1. The highest BCUT2D eigenvalue weighted by Crippen LogP contribution is 2.31. The molecule has 6 nitrogen and oxygen atoms in total. The van der Waals surface area contributed by atoms with Gasteiger partial charge in [0, 0.05) is 26.2 Å². The zero-order valence-electron chi connectivity index (χ0n) is 16.3. The summed E-state index contributed by atoms with van der Waals surface area (Å²) in [6.45, 7) is 10.4. The molecule has 0 aromatic heterocycles. The molecule has 0 radical (unpaired) electrons. The molecule has 1 unspecified atom stereocenters. The Kier molecular flexibility index (Phi) is 5.41. The smallest absolute Gasteiger partial charge is 0.410 e. The number of carbonyl (C=O) groups excluding carboxylic acids is 1. The third-order valence-corrected chi connectivity index (χ3v) is 5.06. The van der Waals surface area contributed by atoms with Gasteiger partial charge < -0.3 is 14.4 Å². The van der Waals surface area contributed by atoms with Crippen LogP contribution < -0.4 is 0 Å². The Morgan fingerprint density at radius 3 is 2.74 bits per heavy atom. The van der Waals surface area contributed by atoms with Crippen LogP contribution in [-0.4, -0.2) is 60.3 Å². The van der Waals surface area contributed by atoms with Gasteiger partial charge in [0.2, 0.25) is 0 Å². The second kappa shape index (κ2) is 7.45. The second-order valence-corrected chi connectivity index (χ2v) is 8.15. The van der Waals surface area contributed by atoms with E-state index >= 15 is 0 Å². The first kappa shape index (κ1) is 19.6. The predicted molar refractivity (Wildman–Crippen MR) is 97.7 cm³/mol. The number of carbonyl (C=O) groups is 1. The maximum Gasteiger partial charge on any atom is 0.410 e. The highest BCUT2D eigenvalue weighted by Gasteiger charge is 2.37. The van der Waals surface area contributed by atoms with Gasteiger partial charge in [-0.1, -0.05) is 6.07 Å². The number of hydrogen-bond acceptors (Lipinski definition) is 5. The number of ether oxygens (including phenoxy) is 2. The molecular weight excluding hydrogens is 349 g/mol. The van der Waals surface area contributed by atoms with Gasteiger partial charge in [0.05, 0.1) is 24.3 Å². The Bertz CT molecular complexity index is 769. The standard InChI is InChI=1S/C20H26FN3O3/c1-13-15(5-6-17(21)16(13)9-22)18-11-23-7-8-24(10-14(23)12-26-18)19(25)27-20(2,3)4/h5-6,14,18H,7-8,10-12H2,1-4H3/t14?,18-/m0/s1. The zero-order valence-corrected chi connectivity index (χ0v) is 16.3. The number of benzene rings is 1. The van der Waals surface area contributed by atoms with Gasteiger partial charge in [-0.05, 0) is 44.9 Å². The number of amides is 1. The van der Waals surface area contributed by atoms with Gasteiger partial charge in [-0.15, -0.1) is 0 Å². The monoisotopic (exact) mass is 375 g/mol. The summed E-state index contributed by atoms with van der Waals surface area (Å²) in [7, 11) is 0. The fourth-order valence-electron chi connectivity index (χ4n) is 3.65. The van der Waals surface area contributed by atoms with E-state index in [-0.39, 0.29) is 23.8 Å². The Morgan fingerprint density at radius 2 is 2.07 bits per heavy atom. The highest BCUT2D eigenvalue weighted by molar-refractivity contribution is 5.68. The van der Waals surface area contributed by atoms with Crippen molar-refractivity contribution in [3.63, 3.8) is 0 Å². The average Bonchev–Trinajstić information content (AvgIpc) is 2.60. The molecule has 1 aromatic carbocycles. The number of morpholine rings is 1. The normalized spacial score (nSPS) is 23.5. The van der Waals surface area contributed by atoms with Crippen molar-refractivity contribution in [2.45, 2.75) is 45.4 Å². The van der Waals surface area contributed by atoms with Crippen LogP contribution in [0.2, 0.25) is 0 Å². The molecule has 2 aliphatic rings. The number of nitrogens with zero attached hydrogens (tertiary/aromatic N) is 3. The van der Waals surface area contributed by atoms with Gasteiger partial charge in [-0.2, -0.15) is 5.26 Å². The molecule has 3 rings (SSSR count). The summed E-state index contributed by atoms with van der Waals surface area (Å²) < 4.78 is 25.3. The van der Waals surface area contributed by atoms with E-state index in [1.165, 1.54) is 6.07 Å². The maximum atomic E-state index is 13.8. The number of hydrogen-bond donors (Lipinski definition) is 0. The summed E-state index contributed by atoms with van der Waals surface area (Å²) >= 11 is 0. The topological polar surface area (TPSA) is 65.8 Å². The van der Waals surface area contributed by atoms with E-state index in [4.69, 9.17) is 9.47 Å². The highest BCUT2D eigenvalue weighted by atomic mass is 19.1. The average molecular weight is 375 g/mol. The second-order valence-electron chi connectivity index (χ2n) is 8.15. The SMILES string of the molecule is Cc1c([C@@H]2CN3CCN(C(=O)OC(C)(C)C)CC3CO2)ccc(F)c1C#N. The van der Waals surface area contributed by atoms with Crippen LogP contribution in [0.3, 0.4) is 0 Å². The van der Waals surface area contributed by atoms with Gasteiger partial charge in [0.15, 0.2) is 0 Å². The van der Waals surface area contributed by atoms with Crippen molar-refractivity contribution in [2.75, 3.05) is 32.8 Å². The fourth-order valence-corrected chi connectivity index (χ4v) is 3.65. The summed E-state index contributed by atoms with van der Waals surface area (Å²) in [6, 6.07) is 5.08. The van der Waals surface area contributed by atoms with Gasteiger partial charge in [-0.25, -0.2) is 9.18 Å². The molecule has 7 heteroatoms. The molecule has 1 amide bonds. The predicted octanol–water partition coefficient (Wildman–Crippen LogP) is 3.00. The van der Waals surface area contributed by atoms with Crippen LogP contribution >= 0.6 is 0 Å². The molecule has 2 saturated heterocycles. The molecule has 0 aliphatic carbocycles. The number of halogens is 1. The van der Waals surface area contributed by atoms with Crippen molar-refractivity contribution < 1.29 is 18.7 Å². The number of piperazine rings is 1. The van der Waals surface area contributed by atoms with Crippen LogP contribution in [0.5, 0.6) is 0 Å². The minimum atomic E-state index is -0.513. The van der Waals surface area contributed by atoms with E-state index in [1.807, 2.05) is 26.8 Å². The molecule has 0 spiro atoms.